The molecule has 2 aromatic carbocycles. The smallest absolute Gasteiger partial charge is 0.221 e. The maximum atomic E-state index is 13.4. The van der Waals surface area contributed by atoms with Gasteiger partial charge in [-0.3, -0.25) is 4.79 Å². The average Bonchev–Trinajstić information content (AvgIpc) is 2.54. The summed E-state index contributed by atoms with van der Waals surface area (Å²) in [4.78, 5) is 11.9. The molecular weight excluding hydrogens is 297 g/mol. The zero-order chi connectivity index (χ0) is 15.8. The van der Waals surface area contributed by atoms with Gasteiger partial charge in [0.1, 0.15) is 5.82 Å². The van der Waals surface area contributed by atoms with E-state index >= 15 is 0 Å². The minimum absolute atomic E-state index is 0.00488. The molecule has 0 spiro atoms. The fraction of sp³-hybridized carbons (Fsp3) is 0.278. The predicted octanol–water partition coefficient (Wildman–Crippen LogP) is 4.33. The van der Waals surface area contributed by atoms with Crippen molar-refractivity contribution in [1.29, 1.82) is 0 Å². The van der Waals surface area contributed by atoms with Gasteiger partial charge in [-0.25, -0.2) is 4.39 Å². The topological polar surface area (TPSA) is 29.1 Å². The van der Waals surface area contributed by atoms with E-state index in [0.717, 1.165) is 5.56 Å². The molecule has 0 saturated carbocycles. The van der Waals surface area contributed by atoms with Crippen molar-refractivity contribution in [2.75, 3.05) is 5.75 Å². The van der Waals surface area contributed by atoms with E-state index in [1.165, 1.54) is 6.07 Å². The maximum absolute atomic E-state index is 13.4. The summed E-state index contributed by atoms with van der Waals surface area (Å²) >= 11 is 1.57. The Morgan fingerprint density at radius 2 is 1.82 bits per heavy atom. The normalized spacial score (nSPS) is 11.9. The van der Waals surface area contributed by atoms with Crippen LogP contribution < -0.4 is 5.32 Å². The summed E-state index contributed by atoms with van der Waals surface area (Å²) in [7, 11) is 0. The fourth-order valence-electron chi connectivity index (χ4n) is 2.10. The molecule has 2 nitrogen and oxygen atoms in total. The van der Waals surface area contributed by atoms with Crippen LogP contribution in [0.4, 0.5) is 4.39 Å². The van der Waals surface area contributed by atoms with Crippen molar-refractivity contribution < 1.29 is 9.18 Å². The highest BCUT2D eigenvalue weighted by atomic mass is 32.2. The van der Waals surface area contributed by atoms with E-state index in [-0.39, 0.29) is 17.8 Å². The third kappa shape index (κ3) is 5.19. The predicted molar refractivity (Wildman–Crippen MR) is 90.2 cm³/mol. The van der Waals surface area contributed by atoms with Crippen molar-refractivity contribution in [3.05, 3.63) is 71.5 Å². The number of benzene rings is 2. The van der Waals surface area contributed by atoms with E-state index in [4.69, 9.17) is 0 Å². The van der Waals surface area contributed by atoms with Gasteiger partial charge in [-0.05, 0) is 24.1 Å². The molecule has 22 heavy (non-hydrogen) atoms. The number of amides is 1. The molecular formula is C18H20FNOS. The molecule has 1 N–H and O–H groups in total. The number of nitrogens with one attached hydrogen (secondary N) is 1. The highest BCUT2D eigenvalue weighted by Crippen LogP contribution is 2.16. The van der Waals surface area contributed by atoms with Gasteiger partial charge in [-0.15, -0.1) is 0 Å². The van der Waals surface area contributed by atoms with Crippen LogP contribution in [0, 0.1) is 5.82 Å². The van der Waals surface area contributed by atoms with Gasteiger partial charge < -0.3 is 5.32 Å². The second-order valence-electron chi connectivity index (χ2n) is 5.09. The molecule has 0 radical (unpaired) electrons. The highest BCUT2D eigenvalue weighted by molar-refractivity contribution is 7.98. The van der Waals surface area contributed by atoms with E-state index in [1.807, 2.05) is 43.3 Å². The fourth-order valence-corrected chi connectivity index (χ4v) is 3.03. The molecule has 0 aliphatic carbocycles. The molecule has 0 aliphatic heterocycles. The molecule has 2 rings (SSSR count). The van der Waals surface area contributed by atoms with Crippen molar-refractivity contribution in [3.63, 3.8) is 0 Å². The van der Waals surface area contributed by atoms with Crippen LogP contribution in [0.1, 0.15) is 30.5 Å². The van der Waals surface area contributed by atoms with Crippen molar-refractivity contribution in [2.45, 2.75) is 25.1 Å². The molecule has 0 aromatic heterocycles. The van der Waals surface area contributed by atoms with Gasteiger partial charge >= 0.3 is 0 Å². The van der Waals surface area contributed by atoms with E-state index in [2.05, 4.69) is 5.32 Å². The van der Waals surface area contributed by atoms with Crippen molar-refractivity contribution >= 4 is 17.7 Å². The average molecular weight is 317 g/mol. The lowest BCUT2D eigenvalue weighted by Crippen LogP contribution is -2.26. The molecule has 0 saturated heterocycles. The summed E-state index contributed by atoms with van der Waals surface area (Å²) in [5, 5.41) is 2.98. The van der Waals surface area contributed by atoms with Crippen molar-refractivity contribution in [1.82, 2.24) is 5.32 Å². The number of carbonyl (C=O) groups is 1. The van der Waals surface area contributed by atoms with Gasteiger partial charge in [0.15, 0.2) is 0 Å². The van der Waals surface area contributed by atoms with Crippen LogP contribution >= 0.6 is 11.8 Å². The van der Waals surface area contributed by atoms with Gasteiger partial charge in [0.25, 0.3) is 0 Å². The minimum Gasteiger partial charge on any atom is -0.350 e. The Hall–Kier alpha value is -1.81. The van der Waals surface area contributed by atoms with E-state index in [0.29, 0.717) is 23.5 Å². The molecule has 1 atom stereocenters. The zero-order valence-corrected chi connectivity index (χ0v) is 13.4. The minimum atomic E-state index is -0.183. The molecule has 1 amide bonds. The van der Waals surface area contributed by atoms with E-state index in [1.54, 1.807) is 23.9 Å². The largest absolute Gasteiger partial charge is 0.350 e. The van der Waals surface area contributed by atoms with Crippen LogP contribution in [0.2, 0.25) is 0 Å². The summed E-state index contributed by atoms with van der Waals surface area (Å²) in [6.45, 7) is 1.97. The van der Waals surface area contributed by atoms with E-state index in [9.17, 15) is 9.18 Å². The summed E-state index contributed by atoms with van der Waals surface area (Å²) in [6.07, 6.45) is 0.441. The Labute approximate surface area is 135 Å². The number of carbonyl (C=O) groups excluding carboxylic acids is 1. The zero-order valence-electron chi connectivity index (χ0n) is 12.6. The lowest BCUT2D eigenvalue weighted by molar-refractivity contribution is -0.121. The van der Waals surface area contributed by atoms with Crippen LogP contribution in [0.25, 0.3) is 0 Å². The van der Waals surface area contributed by atoms with Gasteiger partial charge in [-0.2, -0.15) is 11.8 Å². The number of rotatable bonds is 7. The van der Waals surface area contributed by atoms with Crippen LogP contribution in [0.3, 0.4) is 0 Å². The van der Waals surface area contributed by atoms with Crippen molar-refractivity contribution in [2.24, 2.45) is 0 Å². The lowest BCUT2D eigenvalue weighted by atomic mass is 10.1. The Kier molecular flexibility index (Phi) is 6.46. The Morgan fingerprint density at radius 1 is 1.14 bits per heavy atom. The Morgan fingerprint density at radius 3 is 2.55 bits per heavy atom. The molecule has 0 bridgehead atoms. The Bertz CT molecular complexity index is 603. The third-order valence-electron chi connectivity index (χ3n) is 3.37. The molecule has 2 aromatic rings. The SMILES string of the molecule is C[C@@H](NC(=O)CCSCc1ccccc1F)c1ccccc1. The number of hydrogen-bond donors (Lipinski definition) is 1. The third-order valence-corrected chi connectivity index (χ3v) is 4.37. The standard InChI is InChI=1S/C18H20FNOS/c1-14(15-7-3-2-4-8-15)20-18(21)11-12-22-13-16-9-5-6-10-17(16)19/h2-10,14H,11-13H2,1H3,(H,20,21)/t14-/m1/s1. The summed E-state index contributed by atoms with van der Waals surface area (Å²) in [5.41, 5.74) is 1.78. The quantitative estimate of drug-likeness (QED) is 0.770. The summed E-state index contributed by atoms with van der Waals surface area (Å²) < 4.78 is 13.4. The number of hydrogen-bond acceptors (Lipinski definition) is 2. The van der Waals surface area contributed by atoms with Gasteiger partial charge in [0.2, 0.25) is 5.91 Å². The second kappa shape index (κ2) is 8.59. The monoisotopic (exact) mass is 317 g/mol. The van der Waals surface area contributed by atoms with E-state index < -0.39 is 0 Å². The highest BCUT2D eigenvalue weighted by Gasteiger charge is 2.09. The number of halogens is 1. The van der Waals surface area contributed by atoms with Crippen molar-refractivity contribution in [3.8, 4) is 0 Å². The molecule has 0 aliphatic rings. The van der Waals surface area contributed by atoms with Crippen LogP contribution in [0.15, 0.2) is 54.6 Å². The molecule has 116 valence electrons. The number of thioether (sulfide) groups is 1. The first kappa shape index (κ1) is 16.6. The summed E-state index contributed by atoms with van der Waals surface area (Å²) in [6, 6.07) is 16.6. The van der Waals surface area contributed by atoms with Gasteiger partial charge in [0, 0.05) is 17.9 Å². The molecule has 4 heteroatoms. The van der Waals surface area contributed by atoms with Crippen LogP contribution in [-0.4, -0.2) is 11.7 Å². The molecule has 0 unspecified atom stereocenters. The molecule has 0 fully saturated rings. The second-order valence-corrected chi connectivity index (χ2v) is 6.20. The lowest BCUT2D eigenvalue weighted by Gasteiger charge is -2.14. The first-order chi connectivity index (χ1) is 10.7. The van der Waals surface area contributed by atoms with Crippen LogP contribution in [-0.2, 0) is 10.5 Å². The molecule has 0 heterocycles. The Balaban J connectivity index is 1.69. The van der Waals surface area contributed by atoms with Gasteiger partial charge in [0.05, 0.1) is 6.04 Å². The maximum Gasteiger partial charge on any atom is 0.221 e. The van der Waals surface area contributed by atoms with Gasteiger partial charge in [-0.1, -0.05) is 48.5 Å². The first-order valence-electron chi connectivity index (χ1n) is 7.32. The first-order valence-corrected chi connectivity index (χ1v) is 8.47. The van der Waals surface area contributed by atoms with Crippen LogP contribution in [0.5, 0.6) is 0 Å². The summed E-state index contributed by atoms with van der Waals surface area (Å²) in [5.74, 6) is 1.12.